The number of anilines is 2. The Kier molecular flexibility index (Phi) is 6.69. The molecule has 2 aromatic carbocycles. The molecule has 0 unspecified atom stereocenters. The average Bonchev–Trinajstić information content (AvgIpc) is 3.14. The molecule has 1 heterocycles. The minimum Gasteiger partial charge on any atom is -0.455 e. The van der Waals surface area contributed by atoms with Gasteiger partial charge in [0.1, 0.15) is 0 Å². The van der Waals surface area contributed by atoms with E-state index in [0.29, 0.717) is 11.4 Å². The van der Waals surface area contributed by atoms with Gasteiger partial charge in [-0.1, -0.05) is 22.0 Å². The Bertz CT molecular complexity index is 1070. The number of nitro benzene ring substituents is 1. The third-order valence-electron chi connectivity index (χ3n) is 5.15. The summed E-state index contributed by atoms with van der Waals surface area (Å²) in [5, 5.41) is 13.7. The molecule has 2 amide bonds. The zero-order chi connectivity index (χ0) is 22.7. The normalized spacial score (nSPS) is 15.6. The van der Waals surface area contributed by atoms with Gasteiger partial charge in [-0.3, -0.25) is 24.5 Å². The highest BCUT2D eigenvalue weighted by atomic mass is 79.9. The molecule has 1 atom stereocenters. The minimum absolute atomic E-state index is 0.0332. The summed E-state index contributed by atoms with van der Waals surface area (Å²) in [4.78, 5) is 48.6. The number of nitrogens with one attached hydrogen (secondary N) is 1. The van der Waals surface area contributed by atoms with Crippen molar-refractivity contribution in [3.63, 3.8) is 0 Å². The van der Waals surface area contributed by atoms with Gasteiger partial charge in [-0.2, -0.15) is 0 Å². The number of nitro groups is 1. The fourth-order valence-electron chi connectivity index (χ4n) is 3.25. The minimum atomic E-state index is -0.753. The van der Waals surface area contributed by atoms with Crippen molar-refractivity contribution in [1.29, 1.82) is 0 Å². The largest absolute Gasteiger partial charge is 0.455 e. The molecule has 1 saturated heterocycles. The topological polar surface area (TPSA) is 119 Å². The fourth-order valence-corrected chi connectivity index (χ4v) is 3.68. The van der Waals surface area contributed by atoms with Gasteiger partial charge < -0.3 is 15.0 Å². The molecule has 9 nitrogen and oxygen atoms in total. The maximum Gasteiger partial charge on any atom is 0.311 e. The van der Waals surface area contributed by atoms with Crippen molar-refractivity contribution >= 4 is 50.8 Å². The predicted molar refractivity (Wildman–Crippen MR) is 117 cm³/mol. The van der Waals surface area contributed by atoms with Crippen LogP contribution in [0.5, 0.6) is 0 Å². The summed E-state index contributed by atoms with van der Waals surface area (Å²) in [5.74, 6) is -2.25. The van der Waals surface area contributed by atoms with Crippen molar-refractivity contribution in [1.82, 2.24) is 0 Å². The summed E-state index contributed by atoms with van der Waals surface area (Å²) in [6.45, 7) is 3.34. The molecule has 31 heavy (non-hydrogen) atoms. The summed E-state index contributed by atoms with van der Waals surface area (Å²) in [6, 6.07) is 9.21. The number of hydrogen-bond acceptors (Lipinski definition) is 6. The highest BCUT2D eigenvalue weighted by molar-refractivity contribution is 9.10. The van der Waals surface area contributed by atoms with Crippen LogP contribution in [0.2, 0.25) is 0 Å². The molecule has 10 heteroatoms. The molecular formula is C21H20BrN3O6. The van der Waals surface area contributed by atoms with E-state index in [-0.39, 0.29) is 24.6 Å². The number of ether oxygens (including phenoxy) is 1. The number of non-ortho nitro benzene ring substituents is 1. The van der Waals surface area contributed by atoms with Crippen molar-refractivity contribution in [3.8, 4) is 0 Å². The van der Waals surface area contributed by atoms with Crippen LogP contribution in [0.1, 0.15) is 17.5 Å². The SMILES string of the molecule is Cc1c(Br)ccc(NC(=O)COC(=O)[C@@H]2CC(=O)N(c3cccc([N+](=O)[O-])c3)C2)c1C. The lowest BCUT2D eigenvalue weighted by atomic mass is 10.1. The van der Waals surface area contributed by atoms with Gasteiger partial charge in [0.15, 0.2) is 6.61 Å². The fraction of sp³-hybridized carbons (Fsp3) is 0.286. The molecular weight excluding hydrogens is 470 g/mol. The summed E-state index contributed by atoms with van der Waals surface area (Å²) < 4.78 is 6.03. The highest BCUT2D eigenvalue weighted by Crippen LogP contribution is 2.29. The molecule has 0 bridgehead atoms. The molecule has 3 rings (SSSR count). The van der Waals surface area contributed by atoms with E-state index in [1.807, 2.05) is 19.9 Å². The lowest BCUT2D eigenvalue weighted by Crippen LogP contribution is -2.28. The first kappa shape index (κ1) is 22.4. The summed E-state index contributed by atoms with van der Waals surface area (Å²) in [6.07, 6.45) is -0.0891. The number of hydrogen-bond donors (Lipinski definition) is 1. The smallest absolute Gasteiger partial charge is 0.311 e. The van der Waals surface area contributed by atoms with Crippen LogP contribution in [0.3, 0.4) is 0 Å². The van der Waals surface area contributed by atoms with Crippen LogP contribution < -0.4 is 10.2 Å². The van der Waals surface area contributed by atoms with Crippen LogP contribution in [-0.4, -0.2) is 35.9 Å². The Hall–Kier alpha value is -3.27. The molecule has 0 aliphatic carbocycles. The highest BCUT2D eigenvalue weighted by Gasteiger charge is 2.36. The van der Waals surface area contributed by atoms with E-state index in [4.69, 9.17) is 4.74 Å². The molecule has 2 aromatic rings. The Morgan fingerprint density at radius 1 is 1.26 bits per heavy atom. The quantitative estimate of drug-likeness (QED) is 0.376. The van der Waals surface area contributed by atoms with E-state index in [1.54, 1.807) is 12.1 Å². The first-order valence-electron chi connectivity index (χ1n) is 9.44. The molecule has 1 N–H and O–H groups in total. The number of esters is 1. The van der Waals surface area contributed by atoms with Gasteiger partial charge in [-0.05, 0) is 43.2 Å². The lowest BCUT2D eigenvalue weighted by Gasteiger charge is -2.16. The van der Waals surface area contributed by atoms with Crippen molar-refractivity contribution in [2.24, 2.45) is 5.92 Å². The average molecular weight is 490 g/mol. The monoisotopic (exact) mass is 489 g/mol. The number of nitrogens with zero attached hydrogens (tertiary/aromatic N) is 2. The van der Waals surface area contributed by atoms with Crippen molar-refractivity contribution in [2.45, 2.75) is 20.3 Å². The Morgan fingerprint density at radius 3 is 2.71 bits per heavy atom. The van der Waals surface area contributed by atoms with Gasteiger partial charge in [-0.15, -0.1) is 0 Å². The van der Waals surface area contributed by atoms with Gasteiger partial charge in [0.2, 0.25) is 5.91 Å². The van der Waals surface area contributed by atoms with Crippen LogP contribution in [0, 0.1) is 29.9 Å². The Morgan fingerprint density at radius 2 is 2.00 bits per heavy atom. The van der Waals surface area contributed by atoms with E-state index in [2.05, 4.69) is 21.2 Å². The van der Waals surface area contributed by atoms with Crippen molar-refractivity contribution in [2.75, 3.05) is 23.4 Å². The predicted octanol–water partition coefficient (Wildman–Crippen LogP) is 3.51. The maximum atomic E-state index is 12.4. The third-order valence-corrected chi connectivity index (χ3v) is 6.01. The Labute approximate surface area is 186 Å². The lowest BCUT2D eigenvalue weighted by molar-refractivity contribution is -0.384. The molecule has 162 valence electrons. The van der Waals surface area contributed by atoms with Gasteiger partial charge >= 0.3 is 5.97 Å². The van der Waals surface area contributed by atoms with Gasteiger partial charge in [0, 0.05) is 35.3 Å². The van der Waals surface area contributed by atoms with Crippen molar-refractivity contribution < 1.29 is 24.0 Å². The molecule has 1 aliphatic rings. The number of carbonyl (C=O) groups is 3. The van der Waals surface area contributed by atoms with Crippen LogP contribution >= 0.6 is 15.9 Å². The number of amides is 2. The second kappa shape index (κ2) is 9.25. The van der Waals surface area contributed by atoms with Crippen molar-refractivity contribution in [3.05, 3.63) is 62.1 Å². The van der Waals surface area contributed by atoms with E-state index in [9.17, 15) is 24.5 Å². The second-order valence-electron chi connectivity index (χ2n) is 7.18. The van der Waals surface area contributed by atoms with E-state index in [0.717, 1.165) is 15.6 Å². The van der Waals surface area contributed by atoms with Crippen LogP contribution in [-0.2, 0) is 19.1 Å². The number of carbonyl (C=O) groups excluding carboxylic acids is 3. The standard InChI is InChI=1S/C21H20BrN3O6/c1-12-13(2)18(7-6-17(12)22)23-19(26)11-31-21(28)14-8-20(27)24(10-14)15-4-3-5-16(9-15)25(29)30/h3-7,9,14H,8,10-11H2,1-2H3,(H,23,26)/t14-/m1/s1. The molecule has 0 saturated carbocycles. The summed E-state index contributed by atoms with van der Waals surface area (Å²) in [5.41, 5.74) is 2.69. The van der Waals surface area contributed by atoms with E-state index >= 15 is 0 Å². The van der Waals surface area contributed by atoms with E-state index in [1.165, 1.54) is 23.1 Å². The first-order chi connectivity index (χ1) is 14.7. The van der Waals surface area contributed by atoms with Crippen LogP contribution in [0.25, 0.3) is 0 Å². The number of halogens is 1. The number of benzene rings is 2. The van der Waals surface area contributed by atoms with Crippen LogP contribution in [0.4, 0.5) is 17.1 Å². The third kappa shape index (κ3) is 5.08. The number of rotatable bonds is 6. The van der Waals surface area contributed by atoms with Gasteiger partial charge in [0.05, 0.1) is 16.5 Å². The molecule has 1 fully saturated rings. The first-order valence-corrected chi connectivity index (χ1v) is 10.2. The zero-order valence-corrected chi connectivity index (χ0v) is 18.5. The van der Waals surface area contributed by atoms with E-state index < -0.39 is 29.3 Å². The molecule has 0 spiro atoms. The Balaban J connectivity index is 1.57. The van der Waals surface area contributed by atoms with Gasteiger partial charge in [-0.25, -0.2) is 0 Å². The molecule has 0 radical (unpaired) electrons. The van der Waals surface area contributed by atoms with Crippen LogP contribution in [0.15, 0.2) is 40.9 Å². The molecule has 0 aromatic heterocycles. The summed E-state index contributed by atoms with van der Waals surface area (Å²) >= 11 is 3.42. The summed E-state index contributed by atoms with van der Waals surface area (Å²) in [7, 11) is 0. The maximum absolute atomic E-state index is 12.4. The molecule has 1 aliphatic heterocycles. The zero-order valence-electron chi connectivity index (χ0n) is 16.9. The van der Waals surface area contributed by atoms with Gasteiger partial charge in [0.25, 0.3) is 11.6 Å². The second-order valence-corrected chi connectivity index (χ2v) is 8.04.